The SMILES string of the molecule is CCOc1ccccc1N1CC[NH+](CC(=O)NCc2cccc(Cl)c2)CC1. The van der Waals surface area contributed by atoms with Crippen molar-refractivity contribution < 1.29 is 14.4 Å². The fourth-order valence-corrected chi connectivity index (χ4v) is 3.59. The van der Waals surface area contributed by atoms with E-state index in [0.29, 0.717) is 24.7 Å². The number of benzene rings is 2. The molecule has 2 N–H and O–H groups in total. The number of nitrogens with zero attached hydrogens (tertiary/aromatic N) is 1. The number of carbonyl (C=O) groups excluding carboxylic acids is 1. The number of hydrogen-bond donors (Lipinski definition) is 2. The molecule has 6 heteroatoms. The summed E-state index contributed by atoms with van der Waals surface area (Å²) < 4.78 is 5.74. The van der Waals surface area contributed by atoms with Crippen LogP contribution in [0.15, 0.2) is 48.5 Å². The Kier molecular flexibility index (Phi) is 6.96. The van der Waals surface area contributed by atoms with Crippen LogP contribution in [0.1, 0.15) is 12.5 Å². The molecule has 1 amide bonds. The van der Waals surface area contributed by atoms with E-state index in [9.17, 15) is 4.79 Å². The lowest BCUT2D eigenvalue weighted by molar-refractivity contribution is -0.892. The lowest BCUT2D eigenvalue weighted by Crippen LogP contribution is -3.15. The van der Waals surface area contributed by atoms with E-state index in [2.05, 4.69) is 16.3 Å². The summed E-state index contributed by atoms with van der Waals surface area (Å²) in [5.41, 5.74) is 2.16. The first-order valence-corrected chi connectivity index (χ1v) is 9.85. The molecule has 2 aromatic carbocycles. The Morgan fingerprint density at radius 3 is 2.70 bits per heavy atom. The van der Waals surface area contributed by atoms with Crippen molar-refractivity contribution in [1.82, 2.24) is 5.32 Å². The molecule has 0 radical (unpaired) electrons. The van der Waals surface area contributed by atoms with Gasteiger partial charge in [-0.3, -0.25) is 4.79 Å². The summed E-state index contributed by atoms with van der Waals surface area (Å²) in [6.45, 7) is 7.38. The Balaban J connectivity index is 1.46. The second-order valence-corrected chi connectivity index (χ2v) is 7.16. The first kappa shape index (κ1) is 19.5. The Hall–Kier alpha value is -2.24. The van der Waals surface area contributed by atoms with Gasteiger partial charge in [-0.15, -0.1) is 0 Å². The third-order valence-corrected chi connectivity index (χ3v) is 5.00. The average Bonchev–Trinajstić information content (AvgIpc) is 2.68. The minimum absolute atomic E-state index is 0.0770. The van der Waals surface area contributed by atoms with E-state index in [1.54, 1.807) is 0 Å². The summed E-state index contributed by atoms with van der Waals surface area (Å²) in [6, 6.07) is 15.7. The first-order valence-electron chi connectivity index (χ1n) is 9.47. The van der Waals surface area contributed by atoms with Crippen molar-refractivity contribution >= 4 is 23.2 Å². The van der Waals surface area contributed by atoms with E-state index in [1.165, 1.54) is 4.90 Å². The standard InChI is InChI=1S/C21H26ClN3O2/c1-2-27-20-9-4-3-8-19(20)25-12-10-24(11-13-25)16-21(26)23-15-17-6-5-7-18(22)14-17/h3-9,14H,2,10-13,15-16H2,1H3,(H,23,26)/p+1. The van der Waals surface area contributed by atoms with Crippen LogP contribution in [-0.4, -0.2) is 45.2 Å². The van der Waals surface area contributed by atoms with Gasteiger partial charge in [0.25, 0.3) is 5.91 Å². The number of quaternary nitrogens is 1. The number of amides is 1. The minimum atomic E-state index is 0.0770. The first-order chi connectivity index (χ1) is 13.2. The maximum Gasteiger partial charge on any atom is 0.275 e. The predicted molar refractivity (Wildman–Crippen MR) is 109 cm³/mol. The van der Waals surface area contributed by atoms with Crippen molar-refractivity contribution in [2.75, 3.05) is 44.2 Å². The smallest absolute Gasteiger partial charge is 0.275 e. The fraction of sp³-hybridized carbons (Fsp3) is 0.381. The molecule has 0 saturated carbocycles. The lowest BCUT2D eigenvalue weighted by atomic mass is 10.2. The molecule has 1 saturated heterocycles. The van der Waals surface area contributed by atoms with Gasteiger partial charge in [-0.05, 0) is 36.8 Å². The summed E-state index contributed by atoms with van der Waals surface area (Å²) in [5.74, 6) is 1.01. The van der Waals surface area contributed by atoms with Crippen LogP contribution in [0.4, 0.5) is 5.69 Å². The summed E-state index contributed by atoms with van der Waals surface area (Å²) >= 11 is 5.98. The zero-order valence-electron chi connectivity index (χ0n) is 15.7. The molecule has 2 aromatic rings. The molecule has 1 heterocycles. The third kappa shape index (κ3) is 5.62. The molecule has 0 unspecified atom stereocenters. The maximum absolute atomic E-state index is 12.3. The highest BCUT2D eigenvalue weighted by atomic mass is 35.5. The van der Waals surface area contributed by atoms with Crippen molar-refractivity contribution in [3.05, 3.63) is 59.1 Å². The summed E-state index contributed by atoms with van der Waals surface area (Å²) in [4.78, 5) is 15.9. The van der Waals surface area contributed by atoms with Gasteiger partial charge in [-0.1, -0.05) is 35.9 Å². The Morgan fingerprint density at radius 2 is 1.96 bits per heavy atom. The van der Waals surface area contributed by atoms with Crippen LogP contribution in [0.2, 0.25) is 5.02 Å². The number of carbonyl (C=O) groups is 1. The third-order valence-electron chi connectivity index (χ3n) is 4.77. The molecule has 0 aliphatic carbocycles. The topological polar surface area (TPSA) is 46.0 Å². The zero-order valence-corrected chi connectivity index (χ0v) is 16.5. The second kappa shape index (κ2) is 9.62. The number of rotatable bonds is 7. The van der Waals surface area contributed by atoms with Gasteiger partial charge in [0, 0.05) is 11.6 Å². The summed E-state index contributed by atoms with van der Waals surface area (Å²) in [6.07, 6.45) is 0. The summed E-state index contributed by atoms with van der Waals surface area (Å²) in [7, 11) is 0. The van der Waals surface area contributed by atoms with Crippen LogP contribution in [0.3, 0.4) is 0 Å². The van der Waals surface area contributed by atoms with E-state index in [4.69, 9.17) is 16.3 Å². The van der Waals surface area contributed by atoms with E-state index in [0.717, 1.165) is 43.2 Å². The van der Waals surface area contributed by atoms with Gasteiger partial charge in [0.2, 0.25) is 0 Å². The molecular formula is C21H27ClN3O2+. The van der Waals surface area contributed by atoms with Gasteiger partial charge in [0.15, 0.2) is 6.54 Å². The molecular weight excluding hydrogens is 362 g/mol. The molecule has 3 rings (SSSR count). The van der Waals surface area contributed by atoms with Crippen molar-refractivity contribution in [2.45, 2.75) is 13.5 Å². The molecule has 5 nitrogen and oxygen atoms in total. The van der Waals surface area contributed by atoms with Crippen LogP contribution in [-0.2, 0) is 11.3 Å². The molecule has 0 bridgehead atoms. The van der Waals surface area contributed by atoms with Gasteiger partial charge in [-0.2, -0.15) is 0 Å². The van der Waals surface area contributed by atoms with Crippen molar-refractivity contribution in [2.24, 2.45) is 0 Å². The van der Waals surface area contributed by atoms with E-state index >= 15 is 0 Å². The number of anilines is 1. The number of piperazine rings is 1. The Labute approximate surface area is 165 Å². The second-order valence-electron chi connectivity index (χ2n) is 6.72. The monoisotopic (exact) mass is 388 g/mol. The fourth-order valence-electron chi connectivity index (χ4n) is 3.37. The number of ether oxygens (including phenoxy) is 1. The number of halogens is 1. The van der Waals surface area contributed by atoms with Gasteiger partial charge in [-0.25, -0.2) is 0 Å². The molecule has 144 valence electrons. The van der Waals surface area contributed by atoms with Gasteiger partial charge >= 0.3 is 0 Å². The average molecular weight is 389 g/mol. The molecule has 0 aromatic heterocycles. The van der Waals surface area contributed by atoms with Gasteiger partial charge in [0.05, 0.1) is 38.5 Å². The number of para-hydroxylation sites is 2. The predicted octanol–water partition coefficient (Wildman–Crippen LogP) is 1.76. The largest absolute Gasteiger partial charge is 0.492 e. The number of nitrogens with one attached hydrogen (secondary N) is 2. The van der Waals surface area contributed by atoms with E-state index in [-0.39, 0.29) is 5.91 Å². The molecule has 1 aliphatic rings. The molecule has 0 spiro atoms. The highest BCUT2D eigenvalue weighted by Gasteiger charge is 2.23. The van der Waals surface area contributed by atoms with E-state index in [1.807, 2.05) is 49.4 Å². The van der Waals surface area contributed by atoms with Crippen molar-refractivity contribution in [3.63, 3.8) is 0 Å². The molecule has 1 aliphatic heterocycles. The molecule has 0 atom stereocenters. The molecule has 1 fully saturated rings. The Morgan fingerprint density at radius 1 is 1.19 bits per heavy atom. The lowest BCUT2D eigenvalue weighted by Gasteiger charge is -2.34. The zero-order chi connectivity index (χ0) is 19.1. The minimum Gasteiger partial charge on any atom is -0.492 e. The quantitative estimate of drug-likeness (QED) is 0.759. The Bertz CT molecular complexity index is 761. The maximum atomic E-state index is 12.3. The van der Waals surface area contributed by atoms with Crippen LogP contribution >= 0.6 is 11.6 Å². The van der Waals surface area contributed by atoms with Crippen LogP contribution < -0.4 is 19.9 Å². The van der Waals surface area contributed by atoms with Crippen molar-refractivity contribution in [1.29, 1.82) is 0 Å². The van der Waals surface area contributed by atoms with Crippen molar-refractivity contribution in [3.8, 4) is 5.75 Å². The summed E-state index contributed by atoms with van der Waals surface area (Å²) in [5, 5.41) is 3.68. The highest BCUT2D eigenvalue weighted by molar-refractivity contribution is 6.30. The highest BCUT2D eigenvalue weighted by Crippen LogP contribution is 2.27. The van der Waals surface area contributed by atoms with Crippen LogP contribution in [0.25, 0.3) is 0 Å². The normalized spacial score (nSPS) is 14.8. The number of hydrogen-bond acceptors (Lipinski definition) is 3. The van der Waals surface area contributed by atoms with Gasteiger partial charge in [0.1, 0.15) is 5.75 Å². The van der Waals surface area contributed by atoms with Gasteiger partial charge < -0.3 is 19.9 Å². The van der Waals surface area contributed by atoms with Crippen LogP contribution in [0, 0.1) is 0 Å². The molecule has 27 heavy (non-hydrogen) atoms. The van der Waals surface area contributed by atoms with E-state index < -0.39 is 0 Å². The van der Waals surface area contributed by atoms with Crippen LogP contribution in [0.5, 0.6) is 5.75 Å².